The first-order chi connectivity index (χ1) is 16.1. The lowest BCUT2D eigenvalue weighted by Gasteiger charge is -2.32. The number of nitrogens with zero attached hydrogens (tertiary/aromatic N) is 2. The van der Waals surface area contributed by atoms with E-state index in [4.69, 9.17) is 4.98 Å². The summed E-state index contributed by atoms with van der Waals surface area (Å²) < 4.78 is 14.5. The van der Waals surface area contributed by atoms with Crippen LogP contribution in [-0.2, 0) is 11.3 Å². The van der Waals surface area contributed by atoms with Gasteiger partial charge in [0, 0.05) is 36.1 Å². The summed E-state index contributed by atoms with van der Waals surface area (Å²) in [7, 11) is 0. The zero-order valence-electron chi connectivity index (χ0n) is 17.9. The molecule has 0 spiro atoms. The Hall–Kier alpha value is -3.52. The number of aromatic amines is 1. The van der Waals surface area contributed by atoms with Gasteiger partial charge in [0.15, 0.2) is 0 Å². The van der Waals surface area contributed by atoms with Crippen LogP contribution in [0.15, 0.2) is 64.8 Å². The van der Waals surface area contributed by atoms with Gasteiger partial charge in [0.25, 0.3) is 5.56 Å². The van der Waals surface area contributed by atoms with Gasteiger partial charge in [-0.25, -0.2) is 9.37 Å². The molecule has 33 heavy (non-hydrogen) atoms. The Balaban J connectivity index is 1.36. The fraction of sp³-hybridized carbons (Fsp3) is 0.240. The third-order valence-electron chi connectivity index (χ3n) is 6.00. The van der Waals surface area contributed by atoms with Gasteiger partial charge in [-0.3, -0.25) is 14.6 Å². The van der Waals surface area contributed by atoms with Crippen LogP contribution >= 0.6 is 11.3 Å². The second kappa shape index (κ2) is 9.15. The third kappa shape index (κ3) is 4.39. The van der Waals surface area contributed by atoms with Gasteiger partial charge in [-0.15, -0.1) is 11.3 Å². The van der Waals surface area contributed by atoms with Crippen LogP contribution in [0.1, 0.15) is 18.4 Å². The number of thiophene rings is 1. The van der Waals surface area contributed by atoms with Crippen molar-refractivity contribution in [2.24, 2.45) is 5.92 Å². The summed E-state index contributed by atoms with van der Waals surface area (Å²) in [5.74, 6) is -0.229. The maximum absolute atomic E-state index is 13.9. The summed E-state index contributed by atoms with van der Waals surface area (Å²) in [6, 6.07) is 16.3. The van der Waals surface area contributed by atoms with E-state index in [1.165, 1.54) is 17.4 Å². The molecular weight excluding hydrogens is 439 g/mol. The van der Waals surface area contributed by atoms with Crippen LogP contribution in [-0.4, -0.2) is 29.0 Å². The van der Waals surface area contributed by atoms with Crippen molar-refractivity contribution < 1.29 is 9.18 Å². The maximum Gasteiger partial charge on any atom is 0.270 e. The number of rotatable bonds is 5. The van der Waals surface area contributed by atoms with E-state index >= 15 is 0 Å². The summed E-state index contributed by atoms with van der Waals surface area (Å²) in [6.07, 6.45) is 1.54. The lowest BCUT2D eigenvalue weighted by atomic mass is 9.97. The summed E-state index contributed by atoms with van der Waals surface area (Å²) in [5.41, 5.74) is 2.90. The number of anilines is 1. The molecular formula is C25H23FN4O2S. The number of carbonyl (C=O) groups excluding carboxylic acids is 1. The zero-order chi connectivity index (χ0) is 22.8. The fourth-order valence-corrected chi connectivity index (χ4v) is 5.15. The Labute approximate surface area is 194 Å². The van der Waals surface area contributed by atoms with Crippen molar-refractivity contribution in [2.75, 3.05) is 18.0 Å². The van der Waals surface area contributed by atoms with Gasteiger partial charge in [0.2, 0.25) is 11.9 Å². The van der Waals surface area contributed by atoms with E-state index in [9.17, 15) is 14.0 Å². The molecule has 8 heteroatoms. The van der Waals surface area contributed by atoms with Gasteiger partial charge in [0.05, 0.1) is 11.4 Å². The number of amides is 1. The lowest BCUT2D eigenvalue weighted by molar-refractivity contribution is -0.125. The fourth-order valence-electron chi connectivity index (χ4n) is 4.24. The van der Waals surface area contributed by atoms with Crippen LogP contribution < -0.4 is 15.8 Å². The topological polar surface area (TPSA) is 78.1 Å². The number of piperidine rings is 1. The standard InChI is InChI=1S/C25H23FN4O2S/c26-20-11-5-4-9-17(20)13-27-23(31)18-10-6-12-30(14-18)25-28-21-19(16-7-2-1-3-8-16)15-33-22(21)24(32)29-25/h1-5,7-9,11,15,18H,6,10,12-14H2,(H,27,31)(H,28,29,32)/t18-/m0/s1. The van der Waals surface area contributed by atoms with Crippen molar-refractivity contribution in [1.82, 2.24) is 15.3 Å². The highest BCUT2D eigenvalue weighted by Crippen LogP contribution is 2.32. The predicted molar refractivity (Wildman–Crippen MR) is 129 cm³/mol. The second-order valence-electron chi connectivity index (χ2n) is 8.18. The van der Waals surface area contributed by atoms with Crippen LogP contribution in [0.3, 0.4) is 0 Å². The van der Waals surface area contributed by atoms with Gasteiger partial charge in [-0.2, -0.15) is 0 Å². The van der Waals surface area contributed by atoms with E-state index in [1.807, 2.05) is 40.6 Å². The number of carbonyl (C=O) groups is 1. The Bertz CT molecular complexity index is 1350. The first-order valence-corrected chi connectivity index (χ1v) is 11.8. The quantitative estimate of drug-likeness (QED) is 0.463. The lowest BCUT2D eigenvalue weighted by Crippen LogP contribution is -2.44. The van der Waals surface area contributed by atoms with Gasteiger partial charge in [0.1, 0.15) is 10.5 Å². The van der Waals surface area contributed by atoms with Gasteiger partial charge in [-0.05, 0) is 24.5 Å². The molecule has 3 heterocycles. The molecule has 1 amide bonds. The Kier molecular flexibility index (Phi) is 5.92. The molecule has 0 radical (unpaired) electrons. The molecule has 168 valence electrons. The van der Waals surface area contributed by atoms with E-state index in [0.29, 0.717) is 34.8 Å². The van der Waals surface area contributed by atoms with Crippen molar-refractivity contribution >= 4 is 33.4 Å². The highest BCUT2D eigenvalue weighted by Gasteiger charge is 2.27. The first kappa shape index (κ1) is 21.3. The molecule has 1 aliphatic rings. The van der Waals surface area contributed by atoms with Crippen molar-refractivity contribution in [3.8, 4) is 11.1 Å². The van der Waals surface area contributed by atoms with Crippen LogP contribution in [0.2, 0.25) is 0 Å². The van der Waals surface area contributed by atoms with E-state index in [-0.39, 0.29) is 29.7 Å². The molecule has 1 aliphatic heterocycles. The monoisotopic (exact) mass is 462 g/mol. The normalized spacial score (nSPS) is 16.2. The van der Waals surface area contributed by atoms with Crippen molar-refractivity contribution in [3.63, 3.8) is 0 Å². The maximum atomic E-state index is 13.9. The summed E-state index contributed by atoms with van der Waals surface area (Å²) in [5, 5.41) is 4.81. The Morgan fingerprint density at radius 3 is 2.79 bits per heavy atom. The Morgan fingerprint density at radius 1 is 1.18 bits per heavy atom. The molecule has 0 bridgehead atoms. The molecule has 2 aromatic heterocycles. The SMILES string of the molecule is O=C(NCc1ccccc1F)[C@H]1CCCN(c2nc3c(-c4ccccc4)csc3c(=O)[nH]2)C1. The summed E-state index contributed by atoms with van der Waals surface area (Å²) >= 11 is 1.38. The highest BCUT2D eigenvalue weighted by molar-refractivity contribution is 7.17. The molecule has 0 saturated carbocycles. The predicted octanol–water partition coefficient (Wildman–Crippen LogP) is 4.32. The largest absolute Gasteiger partial charge is 0.352 e. The van der Waals surface area contributed by atoms with Crippen molar-refractivity contribution in [2.45, 2.75) is 19.4 Å². The number of halogens is 1. The third-order valence-corrected chi connectivity index (χ3v) is 6.97. The van der Waals surface area contributed by atoms with Gasteiger partial charge >= 0.3 is 0 Å². The van der Waals surface area contributed by atoms with Crippen LogP contribution in [0, 0.1) is 11.7 Å². The first-order valence-electron chi connectivity index (χ1n) is 10.9. The molecule has 0 aliphatic carbocycles. The van der Waals surface area contributed by atoms with Gasteiger partial charge < -0.3 is 10.2 Å². The molecule has 4 aromatic rings. The number of nitrogens with one attached hydrogen (secondary N) is 2. The molecule has 1 atom stereocenters. The van der Waals surface area contributed by atoms with E-state index in [1.54, 1.807) is 18.2 Å². The van der Waals surface area contributed by atoms with Crippen molar-refractivity contribution in [1.29, 1.82) is 0 Å². The van der Waals surface area contributed by atoms with Gasteiger partial charge in [-0.1, -0.05) is 48.5 Å². The molecule has 2 N–H and O–H groups in total. The second-order valence-corrected chi connectivity index (χ2v) is 9.06. The summed E-state index contributed by atoms with van der Waals surface area (Å²) in [6.45, 7) is 1.30. The Morgan fingerprint density at radius 2 is 1.97 bits per heavy atom. The average Bonchev–Trinajstić information content (AvgIpc) is 3.29. The minimum atomic E-state index is -0.330. The smallest absolute Gasteiger partial charge is 0.270 e. The minimum absolute atomic E-state index is 0.119. The number of hydrogen-bond acceptors (Lipinski definition) is 5. The van der Waals surface area contributed by atoms with E-state index in [2.05, 4.69) is 10.3 Å². The molecule has 0 unspecified atom stereocenters. The van der Waals surface area contributed by atoms with E-state index in [0.717, 1.165) is 24.0 Å². The van der Waals surface area contributed by atoms with Crippen LogP contribution in [0.4, 0.5) is 10.3 Å². The van der Waals surface area contributed by atoms with Crippen molar-refractivity contribution in [3.05, 3.63) is 81.7 Å². The van der Waals surface area contributed by atoms with E-state index < -0.39 is 0 Å². The number of H-pyrrole nitrogens is 1. The number of benzene rings is 2. The number of fused-ring (bicyclic) bond motifs is 1. The molecule has 2 aromatic carbocycles. The number of hydrogen-bond donors (Lipinski definition) is 2. The van der Waals surface area contributed by atoms with Crippen LogP contribution in [0.25, 0.3) is 21.3 Å². The minimum Gasteiger partial charge on any atom is -0.352 e. The summed E-state index contributed by atoms with van der Waals surface area (Å²) in [4.78, 5) is 35.2. The molecule has 1 fully saturated rings. The highest BCUT2D eigenvalue weighted by atomic mass is 32.1. The molecule has 5 rings (SSSR count). The number of aromatic nitrogens is 2. The van der Waals surface area contributed by atoms with Crippen LogP contribution in [0.5, 0.6) is 0 Å². The average molecular weight is 463 g/mol. The zero-order valence-corrected chi connectivity index (χ0v) is 18.7. The molecule has 6 nitrogen and oxygen atoms in total. The molecule has 1 saturated heterocycles.